The van der Waals surface area contributed by atoms with Crippen molar-refractivity contribution in [3.63, 3.8) is 0 Å². The zero-order chi connectivity index (χ0) is 36.6. The molecule has 5 aliphatic carbocycles. The van der Waals surface area contributed by atoms with Gasteiger partial charge in [-0.05, 0) is 104 Å². The minimum Gasteiger partial charge on any atom is -0.481 e. The van der Waals surface area contributed by atoms with Gasteiger partial charge in [0.15, 0.2) is 0 Å². The molecule has 10 nitrogen and oxygen atoms in total. The Labute approximate surface area is 299 Å². The maximum Gasteiger partial charge on any atom is 0.332 e. The van der Waals surface area contributed by atoms with Gasteiger partial charge in [0.1, 0.15) is 25.9 Å². The van der Waals surface area contributed by atoms with Gasteiger partial charge in [0.2, 0.25) is 0 Å². The quantitative estimate of drug-likeness (QED) is 0.120. The summed E-state index contributed by atoms with van der Waals surface area (Å²) in [7, 11) is 3.17. The molecule has 0 aromatic rings. The van der Waals surface area contributed by atoms with Crippen molar-refractivity contribution in [2.24, 2.45) is 50.2 Å². The second-order valence-corrected chi connectivity index (χ2v) is 18.0. The van der Waals surface area contributed by atoms with E-state index in [1.165, 1.54) is 5.57 Å². The molecule has 0 unspecified atom stereocenters. The lowest BCUT2D eigenvalue weighted by molar-refractivity contribution is -0.228. The molecule has 0 heterocycles. The van der Waals surface area contributed by atoms with Gasteiger partial charge in [-0.1, -0.05) is 53.2 Å². The van der Waals surface area contributed by atoms with Crippen LogP contribution in [0.4, 0.5) is 0 Å². The van der Waals surface area contributed by atoms with E-state index in [9.17, 15) is 19.5 Å². The zero-order valence-corrected chi connectivity index (χ0v) is 32.0. The van der Waals surface area contributed by atoms with Crippen LogP contribution in [-0.4, -0.2) is 89.6 Å². The van der Waals surface area contributed by atoms with Gasteiger partial charge < -0.3 is 33.5 Å². The van der Waals surface area contributed by atoms with Crippen molar-refractivity contribution >= 4 is 17.9 Å². The molecule has 0 radical (unpaired) electrons. The SMILES string of the molecule is COCCOCC(=O)OC[C@@]1(C)[C@@H]2CC[C@]3(C)[C@H](CC=C4[C@@H]5CC(C)(C)CC[C@]5(C(=O)O)CC[C@]43C)[C@@]2(C)CC[C@@H]1OC(=O)COCCOC. The number of allylic oxidation sites excluding steroid dienone is 2. The molecule has 10 heteroatoms. The molecule has 4 fully saturated rings. The molecular weight excluding hydrogens is 640 g/mol. The van der Waals surface area contributed by atoms with E-state index in [0.29, 0.717) is 38.8 Å². The van der Waals surface area contributed by atoms with Gasteiger partial charge in [-0.15, -0.1) is 0 Å². The van der Waals surface area contributed by atoms with Gasteiger partial charge in [0.05, 0.1) is 31.8 Å². The van der Waals surface area contributed by atoms with Crippen molar-refractivity contribution in [1.82, 2.24) is 0 Å². The van der Waals surface area contributed by atoms with Crippen LogP contribution in [0.5, 0.6) is 0 Å². The maximum atomic E-state index is 13.1. The highest BCUT2D eigenvalue weighted by atomic mass is 16.6. The highest BCUT2D eigenvalue weighted by Crippen LogP contribution is 2.76. The molecule has 0 aliphatic heterocycles. The van der Waals surface area contributed by atoms with Crippen molar-refractivity contribution in [3.05, 3.63) is 11.6 Å². The van der Waals surface area contributed by atoms with Crippen LogP contribution >= 0.6 is 0 Å². The summed E-state index contributed by atoms with van der Waals surface area (Å²) in [6.07, 6.45) is 10.6. The van der Waals surface area contributed by atoms with Crippen molar-refractivity contribution < 1.29 is 47.9 Å². The molecule has 5 aliphatic rings. The monoisotopic (exact) mass is 704 g/mol. The summed E-state index contributed by atoms with van der Waals surface area (Å²) in [6, 6.07) is 0. The van der Waals surface area contributed by atoms with E-state index in [-0.39, 0.29) is 53.3 Å². The molecule has 4 saturated carbocycles. The van der Waals surface area contributed by atoms with Crippen LogP contribution in [0.3, 0.4) is 0 Å². The fourth-order valence-electron chi connectivity index (χ4n) is 11.9. The Hall–Kier alpha value is -2.01. The van der Waals surface area contributed by atoms with Crippen molar-refractivity contribution in [2.45, 2.75) is 112 Å². The van der Waals surface area contributed by atoms with Gasteiger partial charge in [0.25, 0.3) is 0 Å². The average Bonchev–Trinajstić information content (AvgIpc) is 3.05. The number of hydrogen-bond donors (Lipinski definition) is 1. The van der Waals surface area contributed by atoms with Gasteiger partial charge >= 0.3 is 17.9 Å². The number of carbonyl (C=O) groups is 3. The topological polar surface area (TPSA) is 127 Å². The second-order valence-electron chi connectivity index (χ2n) is 18.0. The molecule has 0 aromatic carbocycles. The fourth-order valence-corrected chi connectivity index (χ4v) is 11.9. The van der Waals surface area contributed by atoms with E-state index in [1.54, 1.807) is 14.2 Å². The zero-order valence-electron chi connectivity index (χ0n) is 32.0. The van der Waals surface area contributed by atoms with Crippen LogP contribution in [0.2, 0.25) is 0 Å². The number of esters is 2. The molecule has 9 atom stereocenters. The molecule has 0 saturated heterocycles. The third kappa shape index (κ3) is 6.80. The van der Waals surface area contributed by atoms with Crippen LogP contribution in [0, 0.1) is 50.2 Å². The van der Waals surface area contributed by atoms with E-state index < -0.39 is 34.8 Å². The third-order valence-corrected chi connectivity index (χ3v) is 14.9. The summed E-state index contributed by atoms with van der Waals surface area (Å²) >= 11 is 0. The fraction of sp³-hybridized carbons (Fsp3) is 0.875. The summed E-state index contributed by atoms with van der Waals surface area (Å²) in [4.78, 5) is 39.0. The largest absolute Gasteiger partial charge is 0.481 e. The van der Waals surface area contributed by atoms with Crippen LogP contribution in [0.1, 0.15) is 106 Å². The first-order chi connectivity index (χ1) is 23.5. The minimum atomic E-state index is -0.671. The third-order valence-electron chi connectivity index (χ3n) is 14.9. The van der Waals surface area contributed by atoms with E-state index in [1.807, 2.05) is 0 Å². The molecule has 0 bridgehead atoms. The predicted molar refractivity (Wildman–Crippen MR) is 187 cm³/mol. The molecule has 0 aromatic heterocycles. The molecule has 5 rings (SSSR count). The van der Waals surface area contributed by atoms with E-state index in [4.69, 9.17) is 28.4 Å². The Kier molecular flexibility index (Phi) is 11.6. The lowest BCUT2D eigenvalue weighted by Gasteiger charge is -2.71. The lowest BCUT2D eigenvalue weighted by atomic mass is 9.33. The first-order valence-electron chi connectivity index (χ1n) is 19.0. The molecule has 284 valence electrons. The average molecular weight is 705 g/mol. The highest BCUT2D eigenvalue weighted by Gasteiger charge is 2.70. The van der Waals surface area contributed by atoms with Crippen LogP contribution in [0.25, 0.3) is 0 Å². The number of ether oxygens (including phenoxy) is 6. The Bertz CT molecular complexity index is 1290. The van der Waals surface area contributed by atoms with E-state index >= 15 is 0 Å². The Morgan fingerprint density at radius 2 is 1.42 bits per heavy atom. The summed E-state index contributed by atoms with van der Waals surface area (Å²) in [5, 5.41) is 10.7. The predicted octanol–water partition coefficient (Wildman–Crippen LogP) is 6.63. The number of aliphatic carboxylic acids is 1. The molecule has 0 amide bonds. The van der Waals surface area contributed by atoms with Gasteiger partial charge in [-0.2, -0.15) is 0 Å². The van der Waals surface area contributed by atoms with Crippen molar-refractivity contribution in [1.29, 1.82) is 0 Å². The molecule has 1 N–H and O–H groups in total. The van der Waals surface area contributed by atoms with Gasteiger partial charge in [-0.3, -0.25) is 4.79 Å². The maximum absolute atomic E-state index is 13.1. The van der Waals surface area contributed by atoms with Crippen LogP contribution in [0.15, 0.2) is 11.6 Å². The highest BCUT2D eigenvalue weighted by molar-refractivity contribution is 5.76. The number of carboxylic acids is 1. The number of rotatable bonds is 14. The number of methoxy groups -OCH3 is 2. The number of carboxylic acid groups (broad SMARTS) is 1. The van der Waals surface area contributed by atoms with Crippen molar-refractivity contribution in [2.75, 3.05) is 60.5 Å². The Morgan fingerprint density at radius 3 is 2.06 bits per heavy atom. The minimum absolute atomic E-state index is 0.0277. The summed E-state index contributed by atoms with van der Waals surface area (Å²) < 4.78 is 33.2. The van der Waals surface area contributed by atoms with E-state index in [0.717, 1.165) is 57.8 Å². The Balaban J connectivity index is 1.44. The smallest absolute Gasteiger partial charge is 0.332 e. The van der Waals surface area contributed by atoms with Gasteiger partial charge in [0, 0.05) is 19.6 Å². The second kappa shape index (κ2) is 14.8. The molecular formula is C40H64O10. The molecule has 50 heavy (non-hydrogen) atoms. The Morgan fingerprint density at radius 1 is 0.780 bits per heavy atom. The summed E-state index contributed by atoms with van der Waals surface area (Å²) in [5.74, 6) is -0.949. The normalized spacial score (nSPS) is 40.3. The first-order valence-corrected chi connectivity index (χ1v) is 19.0. The van der Waals surface area contributed by atoms with Crippen LogP contribution < -0.4 is 0 Å². The lowest BCUT2D eigenvalue weighted by Crippen LogP contribution is -2.66. The van der Waals surface area contributed by atoms with Crippen LogP contribution in [-0.2, 0) is 42.8 Å². The number of hydrogen-bond acceptors (Lipinski definition) is 9. The van der Waals surface area contributed by atoms with Crippen molar-refractivity contribution in [3.8, 4) is 0 Å². The summed E-state index contributed by atoms with van der Waals surface area (Å²) in [6.45, 7) is 15.3. The summed E-state index contributed by atoms with van der Waals surface area (Å²) in [5.41, 5.74) is -0.0205. The van der Waals surface area contributed by atoms with Gasteiger partial charge in [-0.25, -0.2) is 9.59 Å². The molecule has 0 spiro atoms. The standard InChI is InChI=1S/C40H64O10/c1-35(2)15-17-40(34(43)44)18-16-38(5)27(28(40)23-35)9-10-30-36(3)13-12-31(50-33(42)25-48-22-20-46-8)37(4,29(36)11-14-39(30,38)6)26-49-32(41)24-47-21-19-45-7/h9,28-31H,10-26H2,1-8H3,(H,43,44)/t28-,29+,30+,31-,36-,37-,38+,39+,40-/m0/s1. The number of fused-ring (bicyclic) bond motifs is 7. The first kappa shape index (κ1) is 39.2. The van der Waals surface area contributed by atoms with E-state index in [2.05, 4.69) is 47.6 Å². The number of carbonyl (C=O) groups excluding carboxylic acids is 2.